The van der Waals surface area contributed by atoms with Crippen LogP contribution < -0.4 is 10.1 Å². The molecule has 0 bridgehead atoms. The summed E-state index contributed by atoms with van der Waals surface area (Å²) < 4.78 is 20.7. The van der Waals surface area contributed by atoms with Crippen LogP contribution in [0.15, 0.2) is 28.8 Å². The fourth-order valence-corrected chi connectivity index (χ4v) is 3.17. The summed E-state index contributed by atoms with van der Waals surface area (Å²) in [7, 11) is 3.26. The smallest absolute Gasteiger partial charge is 0.317 e. The predicted octanol–water partition coefficient (Wildman–Crippen LogP) is 2.33. The van der Waals surface area contributed by atoms with E-state index in [9.17, 15) is 4.79 Å². The van der Waals surface area contributed by atoms with Crippen molar-refractivity contribution in [2.45, 2.75) is 31.9 Å². The average molecular weight is 404 g/mol. The topological polar surface area (TPSA) is 99.0 Å². The van der Waals surface area contributed by atoms with Gasteiger partial charge in [-0.25, -0.2) is 4.79 Å². The Bertz CT molecular complexity index is 756. The molecule has 1 N–H and O–H groups in total. The molecule has 3 rings (SSSR count). The summed E-state index contributed by atoms with van der Waals surface area (Å²) in [5.74, 6) is 2.15. The van der Waals surface area contributed by atoms with E-state index in [1.54, 1.807) is 14.2 Å². The summed E-state index contributed by atoms with van der Waals surface area (Å²) in [5, 5.41) is 7.04. The van der Waals surface area contributed by atoms with Crippen LogP contribution in [0, 0.1) is 0 Å². The molecule has 0 unspecified atom stereocenters. The van der Waals surface area contributed by atoms with Gasteiger partial charge in [-0.05, 0) is 30.5 Å². The predicted molar refractivity (Wildman–Crippen MR) is 105 cm³/mol. The normalized spacial score (nSPS) is 14.8. The molecular weight excluding hydrogens is 376 g/mol. The second-order valence-corrected chi connectivity index (χ2v) is 6.86. The number of nitrogens with zero attached hydrogens (tertiary/aromatic N) is 3. The zero-order chi connectivity index (χ0) is 20.5. The van der Waals surface area contributed by atoms with Crippen molar-refractivity contribution in [2.75, 3.05) is 40.5 Å². The molecule has 2 aromatic rings. The molecule has 0 spiro atoms. The lowest BCUT2D eigenvalue weighted by Gasteiger charge is -2.30. The lowest BCUT2D eigenvalue weighted by Crippen LogP contribution is -2.43. The van der Waals surface area contributed by atoms with Crippen LogP contribution in [0.4, 0.5) is 4.79 Å². The lowest BCUT2D eigenvalue weighted by molar-refractivity contribution is 0.0494. The van der Waals surface area contributed by atoms with E-state index in [-0.39, 0.29) is 18.6 Å². The molecule has 158 valence electrons. The monoisotopic (exact) mass is 404 g/mol. The minimum Gasteiger partial charge on any atom is -0.497 e. The van der Waals surface area contributed by atoms with Gasteiger partial charge in [-0.1, -0.05) is 17.3 Å². The van der Waals surface area contributed by atoms with Crippen LogP contribution >= 0.6 is 0 Å². The molecule has 9 nitrogen and oxygen atoms in total. The van der Waals surface area contributed by atoms with Crippen LogP contribution in [-0.2, 0) is 22.6 Å². The highest BCUT2D eigenvalue weighted by Crippen LogP contribution is 2.26. The van der Waals surface area contributed by atoms with Crippen molar-refractivity contribution in [1.82, 2.24) is 20.4 Å². The van der Waals surface area contributed by atoms with Crippen molar-refractivity contribution in [3.63, 3.8) is 0 Å². The van der Waals surface area contributed by atoms with Crippen LogP contribution in [0.3, 0.4) is 0 Å². The number of hydrogen-bond donors (Lipinski definition) is 1. The second-order valence-electron chi connectivity index (χ2n) is 6.86. The van der Waals surface area contributed by atoms with E-state index in [2.05, 4.69) is 15.5 Å². The maximum atomic E-state index is 12.4. The van der Waals surface area contributed by atoms with Crippen LogP contribution in [0.2, 0.25) is 0 Å². The molecule has 1 aromatic carbocycles. The van der Waals surface area contributed by atoms with Crippen molar-refractivity contribution in [3.8, 4) is 5.75 Å². The summed E-state index contributed by atoms with van der Waals surface area (Å²) >= 11 is 0. The molecule has 1 fully saturated rings. The molecule has 0 aliphatic carbocycles. The van der Waals surface area contributed by atoms with E-state index in [1.807, 2.05) is 29.2 Å². The van der Waals surface area contributed by atoms with Gasteiger partial charge >= 0.3 is 6.03 Å². The maximum absolute atomic E-state index is 12.4. The standard InChI is InChI=1S/C20H28N4O5/c1-26-11-12-28-14-18-22-19(23-29-18)16-7-9-24(10-8-16)20(25)21-13-15-3-5-17(27-2)6-4-15/h3-6,16H,7-14H2,1-2H3,(H,21,25). The Morgan fingerprint density at radius 3 is 2.66 bits per heavy atom. The Morgan fingerprint density at radius 2 is 1.97 bits per heavy atom. The molecule has 2 heterocycles. The number of nitrogens with one attached hydrogen (secondary N) is 1. The number of amides is 2. The number of benzene rings is 1. The quantitative estimate of drug-likeness (QED) is 0.641. The number of aromatic nitrogens is 2. The maximum Gasteiger partial charge on any atom is 0.317 e. The number of hydrogen-bond acceptors (Lipinski definition) is 7. The number of carbonyl (C=O) groups is 1. The van der Waals surface area contributed by atoms with Gasteiger partial charge in [0.25, 0.3) is 5.89 Å². The van der Waals surface area contributed by atoms with E-state index in [4.69, 9.17) is 18.7 Å². The third-order valence-corrected chi connectivity index (χ3v) is 4.89. The Morgan fingerprint density at radius 1 is 1.21 bits per heavy atom. The van der Waals surface area contributed by atoms with Crippen molar-refractivity contribution >= 4 is 6.03 Å². The van der Waals surface area contributed by atoms with Gasteiger partial charge in [-0.2, -0.15) is 4.98 Å². The zero-order valence-electron chi connectivity index (χ0n) is 16.9. The summed E-state index contributed by atoms with van der Waals surface area (Å²) in [6.07, 6.45) is 1.61. The number of ether oxygens (including phenoxy) is 3. The number of rotatable bonds is 9. The summed E-state index contributed by atoms with van der Waals surface area (Å²) in [6, 6.07) is 7.60. The van der Waals surface area contributed by atoms with Gasteiger partial charge < -0.3 is 29.0 Å². The van der Waals surface area contributed by atoms with E-state index in [0.717, 1.165) is 24.2 Å². The minimum absolute atomic E-state index is 0.0559. The molecular formula is C20H28N4O5. The molecule has 1 saturated heterocycles. The number of methoxy groups -OCH3 is 2. The van der Waals surface area contributed by atoms with E-state index in [1.165, 1.54) is 0 Å². The minimum atomic E-state index is -0.0559. The van der Waals surface area contributed by atoms with Gasteiger partial charge in [0.15, 0.2) is 5.82 Å². The van der Waals surface area contributed by atoms with Gasteiger partial charge in [0, 0.05) is 32.7 Å². The highest BCUT2D eigenvalue weighted by Gasteiger charge is 2.27. The van der Waals surface area contributed by atoms with Gasteiger partial charge in [0.2, 0.25) is 0 Å². The molecule has 0 atom stereocenters. The van der Waals surface area contributed by atoms with Gasteiger partial charge in [-0.3, -0.25) is 0 Å². The Balaban J connectivity index is 1.40. The SMILES string of the molecule is COCCOCc1nc(C2CCN(C(=O)NCc3ccc(OC)cc3)CC2)no1. The van der Waals surface area contributed by atoms with Crippen LogP contribution in [0.5, 0.6) is 5.75 Å². The van der Waals surface area contributed by atoms with Gasteiger partial charge in [0.1, 0.15) is 12.4 Å². The van der Waals surface area contributed by atoms with Crippen LogP contribution in [-0.4, -0.2) is 61.6 Å². The molecule has 0 radical (unpaired) electrons. The number of likely N-dealkylation sites (tertiary alicyclic amines) is 1. The van der Waals surface area contributed by atoms with E-state index in [0.29, 0.717) is 44.6 Å². The van der Waals surface area contributed by atoms with Crippen LogP contribution in [0.25, 0.3) is 0 Å². The first-order chi connectivity index (χ1) is 14.2. The summed E-state index contributed by atoms with van der Waals surface area (Å²) in [5.41, 5.74) is 1.03. The molecule has 0 saturated carbocycles. The number of carbonyl (C=O) groups excluding carboxylic acids is 1. The summed E-state index contributed by atoms with van der Waals surface area (Å²) in [6.45, 7) is 3.10. The second kappa shape index (κ2) is 10.8. The van der Waals surface area contributed by atoms with Gasteiger partial charge in [0.05, 0.1) is 20.3 Å². The fourth-order valence-electron chi connectivity index (χ4n) is 3.17. The van der Waals surface area contributed by atoms with Crippen molar-refractivity contribution in [2.24, 2.45) is 0 Å². The van der Waals surface area contributed by atoms with Crippen molar-refractivity contribution in [3.05, 3.63) is 41.5 Å². The van der Waals surface area contributed by atoms with Crippen LogP contribution in [0.1, 0.15) is 36.0 Å². The molecule has 1 aliphatic heterocycles. The van der Waals surface area contributed by atoms with Gasteiger partial charge in [-0.15, -0.1) is 0 Å². The van der Waals surface area contributed by atoms with Crippen molar-refractivity contribution in [1.29, 1.82) is 0 Å². The van der Waals surface area contributed by atoms with E-state index >= 15 is 0 Å². The Labute approximate surface area is 170 Å². The molecule has 1 aliphatic rings. The van der Waals surface area contributed by atoms with Crippen molar-refractivity contribution < 1.29 is 23.5 Å². The molecule has 2 amide bonds. The molecule has 1 aromatic heterocycles. The lowest BCUT2D eigenvalue weighted by atomic mass is 9.96. The largest absolute Gasteiger partial charge is 0.497 e. The third-order valence-electron chi connectivity index (χ3n) is 4.89. The molecule has 29 heavy (non-hydrogen) atoms. The first kappa shape index (κ1) is 21.1. The first-order valence-corrected chi connectivity index (χ1v) is 9.74. The Kier molecular flexibility index (Phi) is 7.83. The number of piperidine rings is 1. The zero-order valence-corrected chi connectivity index (χ0v) is 16.9. The third kappa shape index (κ3) is 6.16. The van der Waals surface area contributed by atoms with E-state index < -0.39 is 0 Å². The first-order valence-electron chi connectivity index (χ1n) is 9.74. The fraction of sp³-hybridized carbons (Fsp3) is 0.550. The Hall–Kier alpha value is -2.65. The average Bonchev–Trinajstić information content (AvgIpc) is 3.24. The highest BCUT2D eigenvalue weighted by atomic mass is 16.5. The summed E-state index contributed by atoms with van der Waals surface area (Å²) in [4.78, 5) is 18.7. The molecule has 9 heteroatoms. The highest BCUT2D eigenvalue weighted by molar-refractivity contribution is 5.74. The number of urea groups is 1.